The zero-order valence-electron chi connectivity index (χ0n) is 5.07. The van der Waals surface area contributed by atoms with Crippen molar-refractivity contribution in [2.45, 2.75) is 26.3 Å². The summed E-state index contributed by atoms with van der Waals surface area (Å²) in [6.45, 7) is 4.29. The van der Waals surface area contributed by atoms with E-state index in [-0.39, 0.29) is 0 Å². The smallest absolute Gasteiger partial charge is 0.0698 e. The highest BCUT2D eigenvalue weighted by molar-refractivity contribution is 6.41. The quantitative estimate of drug-likeness (QED) is 0.387. The van der Waals surface area contributed by atoms with Crippen LogP contribution in [0.15, 0.2) is 11.8 Å². The molecule has 0 amide bonds. The van der Waals surface area contributed by atoms with Crippen molar-refractivity contribution in [3.05, 3.63) is 11.8 Å². The van der Waals surface area contributed by atoms with Crippen molar-refractivity contribution in [3.63, 3.8) is 0 Å². The van der Waals surface area contributed by atoms with E-state index in [1.54, 1.807) is 0 Å². The maximum atomic E-state index is 2.24. The van der Waals surface area contributed by atoms with Gasteiger partial charge in [0.25, 0.3) is 0 Å². The van der Waals surface area contributed by atoms with Gasteiger partial charge in [-0.2, -0.15) is 0 Å². The Morgan fingerprint density at radius 1 is 1.57 bits per heavy atom. The van der Waals surface area contributed by atoms with Gasteiger partial charge >= 0.3 is 0 Å². The molecule has 0 atom stereocenters. The molecule has 0 aromatic carbocycles. The van der Waals surface area contributed by atoms with Gasteiger partial charge in [-0.05, 0) is 6.92 Å². The molecule has 0 N–H and O–H groups in total. The average molecular weight is 112 g/mol. The van der Waals surface area contributed by atoms with Gasteiger partial charge in [0.15, 0.2) is 0 Å². The van der Waals surface area contributed by atoms with Crippen LogP contribution >= 0.6 is 0 Å². The molecule has 0 fully saturated rings. The molecule has 0 saturated heterocycles. The predicted octanol–water partition coefficient (Wildman–Crippen LogP) is 2.05. The number of rotatable bonds is 3. The molecule has 0 aliphatic heterocycles. The summed E-state index contributed by atoms with van der Waals surface area (Å²) in [5.74, 6) is 0. The molecule has 0 nitrogen and oxygen atoms in total. The minimum atomic E-state index is 1.05. The van der Waals surface area contributed by atoms with E-state index in [4.69, 9.17) is 0 Å². The summed E-state index contributed by atoms with van der Waals surface area (Å²) in [4.78, 5) is 0. The molecule has 40 valence electrons. The Bertz CT molecular complexity index is 48.1. The van der Waals surface area contributed by atoms with Gasteiger partial charge in [0.1, 0.15) is 0 Å². The predicted molar refractivity (Wildman–Crippen MR) is 35.7 cm³/mol. The summed E-state index contributed by atoms with van der Waals surface area (Å²) in [5.41, 5.74) is 2.24. The Kier molecular flexibility index (Phi) is 5.92. The van der Waals surface area contributed by atoms with E-state index >= 15 is 0 Å². The maximum absolute atomic E-state index is 2.24. The molecule has 0 heterocycles. The maximum Gasteiger partial charge on any atom is 0.0698 e. The van der Waals surface area contributed by atoms with Crippen LogP contribution in [0, 0.1) is 0 Å². The largest absolute Gasteiger partial charge is 0.103 e. The summed E-state index contributed by atoms with van der Waals surface area (Å²) >= 11 is 0. The first-order chi connectivity index (χ1) is 3.41. The van der Waals surface area contributed by atoms with Gasteiger partial charge in [0.2, 0.25) is 0 Å². The Labute approximate surface area is 48.4 Å². The standard InChI is InChI=1S/C6H12Si/c1-3-5-7-6-4-2/h3,5H,4,6H2,1-2H3. The highest BCUT2D eigenvalue weighted by Crippen LogP contribution is 1.84. The van der Waals surface area contributed by atoms with Crippen molar-refractivity contribution in [1.29, 1.82) is 0 Å². The fraction of sp³-hybridized carbons (Fsp3) is 0.667. The zero-order valence-corrected chi connectivity index (χ0v) is 6.07. The highest BCUT2D eigenvalue weighted by atomic mass is 28.2. The lowest BCUT2D eigenvalue weighted by molar-refractivity contribution is 1.08. The monoisotopic (exact) mass is 112 g/mol. The normalized spacial score (nSPS) is 10.6. The van der Waals surface area contributed by atoms with Crippen molar-refractivity contribution < 1.29 is 0 Å². The van der Waals surface area contributed by atoms with Crippen molar-refractivity contribution in [1.82, 2.24) is 0 Å². The van der Waals surface area contributed by atoms with E-state index in [1.807, 2.05) is 0 Å². The van der Waals surface area contributed by atoms with E-state index < -0.39 is 0 Å². The second-order valence-electron chi connectivity index (χ2n) is 1.45. The van der Waals surface area contributed by atoms with Gasteiger partial charge in [-0.1, -0.05) is 25.5 Å². The summed E-state index contributed by atoms with van der Waals surface area (Å²) < 4.78 is 0. The van der Waals surface area contributed by atoms with Gasteiger partial charge in [-0.3, -0.25) is 0 Å². The first-order valence-corrected chi connectivity index (χ1v) is 4.04. The third-order valence-corrected chi connectivity index (χ3v) is 2.04. The van der Waals surface area contributed by atoms with Crippen LogP contribution in [0.1, 0.15) is 20.3 Å². The Morgan fingerprint density at radius 3 is 2.71 bits per heavy atom. The molecule has 0 aliphatic rings. The van der Waals surface area contributed by atoms with Crippen LogP contribution in [-0.2, 0) is 0 Å². The summed E-state index contributed by atoms with van der Waals surface area (Å²) in [5, 5.41) is 0. The van der Waals surface area contributed by atoms with Gasteiger partial charge in [0, 0.05) is 0 Å². The second-order valence-corrected chi connectivity index (χ2v) is 2.70. The molecule has 0 bridgehead atoms. The van der Waals surface area contributed by atoms with E-state index in [2.05, 4.69) is 25.6 Å². The van der Waals surface area contributed by atoms with Crippen LogP contribution in [0.2, 0.25) is 6.04 Å². The minimum Gasteiger partial charge on any atom is -0.103 e. The molecule has 0 aromatic rings. The lowest BCUT2D eigenvalue weighted by atomic mass is 10.6. The van der Waals surface area contributed by atoms with Crippen molar-refractivity contribution in [3.8, 4) is 0 Å². The summed E-state index contributed by atoms with van der Waals surface area (Å²) in [6.07, 6.45) is 3.44. The molecule has 0 saturated carbocycles. The van der Waals surface area contributed by atoms with Crippen LogP contribution in [0.3, 0.4) is 0 Å². The fourth-order valence-corrected chi connectivity index (χ4v) is 1.04. The van der Waals surface area contributed by atoms with Crippen molar-refractivity contribution in [2.75, 3.05) is 0 Å². The molecule has 0 aliphatic carbocycles. The van der Waals surface area contributed by atoms with Crippen molar-refractivity contribution in [2.24, 2.45) is 0 Å². The molecular weight excluding hydrogens is 100 g/mol. The molecule has 0 spiro atoms. The Hall–Kier alpha value is -0.0431. The van der Waals surface area contributed by atoms with Crippen LogP contribution in [0.5, 0.6) is 0 Å². The van der Waals surface area contributed by atoms with Gasteiger partial charge in [-0.25, -0.2) is 0 Å². The molecule has 2 radical (unpaired) electrons. The zero-order chi connectivity index (χ0) is 5.54. The summed E-state index contributed by atoms with van der Waals surface area (Å²) in [7, 11) is 1.05. The van der Waals surface area contributed by atoms with Crippen molar-refractivity contribution >= 4 is 9.52 Å². The minimum absolute atomic E-state index is 1.05. The number of hydrogen-bond acceptors (Lipinski definition) is 0. The third-order valence-electron chi connectivity index (χ3n) is 0.679. The lowest BCUT2D eigenvalue weighted by Gasteiger charge is -1.81. The topological polar surface area (TPSA) is 0 Å². The second kappa shape index (κ2) is 5.96. The van der Waals surface area contributed by atoms with E-state index in [9.17, 15) is 0 Å². The highest BCUT2D eigenvalue weighted by Gasteiger charge is 1.75. The van der Waals surface area contributed by atoms with E-state index in [0.29, 0.717) is 0 Å². The number of allylic oxidation sites excluding steroid dienone is 1. The van der Waals surface area contributed by atoms with E-state index in [0.717, 1.165) is 9.52 Å². The van der Waals surface area contributed by atoms with Crippen LogP contribution < -0.4 is 0 Å². The molecule has 0 unspecified atom stereocenters. The van der Waals surface area contributed by atoms with Gasteiger partial charge < -0.3 is 0 Å². The number of hydrogen-bond donors (Lipinski definition) is 0. The molecule has 0 aromatic heterocycles. The lowest BCUT2D eigenvalue weighted by Crippen LogP contribution is -1.78. The molecular formula is C6H12Si. The average Bonchev–Trinajstić information content (AvgIpc) is 1.69. The fourth-order valence-electron chi connectivity index (χ4n) is 0.346. The molecule has 7 heavy (non-hydrogen) atoms. The molecule has 1 heteroatoms. The van der Waals surface area contributed by atoms with Crippen LogP contribution in [0.4, 0.5) is 0 Å². The SMILES string of the molecule is CC=C[Si]CCC. The van der Waals surface area contributed by atoms with E-state index in [1.165, 1.54) is 12.5 Å². The summed E-state index contributed by atoms with van der Waals surface area (Å²) in [6, 6.07) is 1.37. The van der Waals surface area contributed by atoms with Crippen LogP contribution in [-0.4, -0.2) is 9.52 Å². The Morgan fingerprint density at radius 2 is 2.29 bits per heavy atom. The Balaban J connectivity index is 2.69. The first kappa shape index (κ1) is 6.96. The first-order valence-electron chi connectivity index (χ1n) is 2.76. The molecule has 0 rings (SSSR count). The van der Waals surface area contributed by atoms with Gasteiger partial charge in [-0.15, -0.1) is 5.70 Å². The van der Waals surface area contributed by atoms with Crippen LogP contribution in [0.25, 0.3) is 0 Å². The van der Waals surface area contributed by atoms with Gasteiger partial charge in [0.05, 0.1) is 9.52 Å². The third kappa shape index (κ3) is 5.96.